The molecule has 0 aliphatic carbocycles. The van der Waals surface area contributed by atoms with E-state index in [0.29, 0.717) is 29.4 Å². The summed E-state index contributed by atoms with van der Waals surface area (Å²) in [5.41, 5.74) is 2.53. The van der Waals surface area contributed by atoms with Crippen LogP contribution in [-0.2, 0) is 6.42 Å². The van der Waals surface area contributed by atoms with E-state index < -0.39 is 0 Å². The van der Waals surface area contributed by atoms with E-state index in [1.807, 2.05) is 24.3 Å². The van der Waals surface area contributed by atoms with Crippen molar-refractivity contribution in [3.63, 3.8) is 0 Å². The molecule has 4 rings (SSSR count). The van der Waals surface area contributed by atoms with E-state index >= 15 is 0 Å². The van der Waals surface area contributed by atoms with Gasteiger partial charge in [-0.15, -0.1) is 0 Å². The number of rotatable bonds is 2. The second-order valence-electron chi connectivity index (χ2n) is 5.28. The summed E-state index contributed by atoms with van der Waals surface area (Å²) in [6, 6.07) is 12.5. The summed E-state index contributed by atoms with van der Waals surface area (Å²) >= 11 is 0. The number of allylic oxidation sites excluding steroid dienone is 1. The predicted molar refractivity (Wildman–Crippen MR) is 79.8 cm³/mol. The average molecular weight is 298 g/mol. The number of fused-ring (bicyclic) bond motifs is 1. The highest BCUT2D eigenvalue weighted by molar-refractivity contribution is 5.51. The predicted octanol–water partition coefficient (Wildman–Crippen LogP) is 2.83. The van der Waals surface area contributed by atoms with E-state index in [0.717, 1.165) is 11.3 Å². The van der Waals surface area contributed by atoms with Crippen molar-refractivity contribution >= 4 is 0 Å². The standard InChI is InChI=1S/C17H15FN2O2/c1-21-14-8-4-5-10-9-13-17(22-15(10)14)20-16(19-13)11-6-2-3-7-12(11)18/h2-8,16,19-20H,9H2,1H3. The molecule has 2 aliphatic heterocycles. The van der Waals surface area contributed by atoms with Gasteiger partial charge in [-0.25, -0.2) is 4.39 Å². The second-order valence-corrected chi connectivity index (χ2v) is 5.28. The van der Waals surface area contributed by atoms with Crippen LogP contribution in [0.15, 0.2) is 54.0 Å². The molecule has 4 nitrogen and oxygen atoms in total. The van der Waals surface area contributed by atoms with Gasteiger partial charge in [0.25, 0.3) is 0 Å². The highest BCUT2D eigenvalue weighted by Gasteiger charge is 2.32. The molecule has 0 radical (unpaired) electrons. The Morgan fingerprint density at radius 3 is 2.82 bits per heavy atom. The molecule has 0 saturated carbocycles. The maximum Gasteiger partial charge on any atom is 0.215 e. The maximum atomic E-state index is 13.9. The van der Waals surface area contributed by atoms with Gasteiger partial charge >= 0.3 is 0 Å². The van der Waals surface area contributed by atoms with Crippen molar-refractivity contribution in [1.82, 2.24) is 10.6 Å². The number of hydrogen-bond donors (Lipinski definition) is 2. The molecule has 0 spiro atoms. The molecule has 2 N–H and O–H groups in total. The Morgan fingerprint density at radius 2 is 2.00 bits per heavy atom. The normalized spacial score (nSPS) is 18.7. The Hall–Kier alpha value is -2.69. The van der Waals surface area contributed by atoms with E-state index in [1.165, 1.54) is 6.07 Å². The zero-order chi connectivity index (χ0) is 15.1. The first-order valence-electron chi connectivity index (χ1n) is 7.10. The van der Waals surface area contributed by atoms with Crippen LogP contribution in [0.1, 0.15) is 17.3 Å². The van der Waals surface area contributed by atoms with Crippen molar-refractivity contribution in [3.8, 4) is 11.5 Å². The van der Waals surface area contributed by atoms with Crippen LogP contribution in [0.2, 0.25) is 0 Å². The van der Waals surface area contributed by atoms with E-state index in [2.05, 4.69) is 10.6 Å². The monoisotopic (exact) mass is 298 g/mol. The number of methoxy groups -OCH3 is 1. The van der Waals surface area contributed by atoms with Gasteiger partial charge in [0.2, 0.25) is 5.88 Å². The Labute approximate surface area is 127 Å². The van der Waals surface area contributed by atoms with Gasteiger partial charge < -0.3 is 20.1 Å². The zero-order valence-corrected chi connectivity index (χ0v) is 12.0. The summed E-state index contributed by atoms with van der Waals surface area (Å²) in [6.07, 6.45) is 0.367. The Kier molecular flexibility index (Phi) is 2.92. The Balaban J connectivity index is 1.62. The number of nitrogens with one attached hydrogen (secondary N) is 2. The lowest BCUT2D eigenvalue weighted by atomic mass is 10.1. The van der Waals surface area contributed by atoms with Crippen molar-refractivity contribution in [2.45, 2.75) is 12.6 Å². The lowest BCUT2D eigenvalue weighted by Crippen LogP contribution is -2.25. The smallest absolute Gasteiger partial charge is 0.215 e. The number of halogens is 1. The van der Waals surface area contributed by atoms with E-state index in [1.54, 1.807) is 19.2 Å². The fourth-order valence-corrected chi connectivity index (χ4v) is 2.85. The molecule has 0 fully saturated rings. The molecule has 0 saturated heterocycles. The molecular weight excluding hydrogens is 283 g/mol. The molecule has 112 valence electrons. The Bertz CT molecular complexity index is 773. The summed E-state index contributed by atoms with van der Waals surface area (Å²) in [5.74, 6) is 1.79. The fourth-order valence-electron chi connectivity index (χ4n) is 2.85. The minimum absolute atomic E-state index is 0.248. The third-order valence-electron chi connectivity index (χ3n) is 3.94. The molecule has 2 aromatic rings. The number of ether oxygens (including phenoxy) is 2. The molecule has 1 unspecified atom stereocenters. The van der Waals surface area contributed by atoms with Crippen LogP contribution >= 0.6 is 0 Å². The first kappa shape index (κ1) is 13.0. The van der Waals surface area contributed by atoms with Crippen LogP contribution in [0.25, 0.3) is 0 Å². The van der Waals surface area contributed by atoms with E-state index in [4.69, 9.17) is 9.47 Å². The molecule has 0 amide bonds. The van der Waals surface area contributed by atoms with Gasteiger partial charge in [0.15, 0.2) is 11.5 Å². The molecule has 2 aliphatic rings. The second kappa shape index (κ2) is 4.94. The van der Waals surface area contributed by atoms with Crippen LogP contribution in [0, 0.1) is 5.82 Å². The van der Waals surface area contributed by atoms with Gasteiger partial charge in [0.1, 0.15) is 12.0 Å². The topological polar surface area (TPSA) is 42.5 Å². The van der Waals surface area contributed by atoms with Gasteiger partial charge in [-0.05, 0) is 12.1 Å². The average Bonchev–Trinajstić information content (AvgIpc) is 2.95. The molecule has 2 heterocycles. The lowest BCUT2D eigenvalue weighted by Gasteiger charge is -2.20. The number of para-hydroxylation sites is 1. The van der Waals surface area contributed by atoms with E-state index in [-0.39, 0.29) is 12.0 Å². The first-order chi connectivity index (χ1) is 10.8. The number of benzene rings is 2. The van der Waals surface area contributed by atoms with Crippen LogP contribution in [0.4, 0.5) is 4.39 Å². The van der Waals surface area contributed by atoms with Crippen molar-refractivity contribution in [2.75, 3.05) is 7.11 Å². The van der Waals surface area contributed by atoms with Gasteiger partial charge in [0.05, 0.1) is 12.8 Å². The van der Waals surface area contributed by atoms with Gasteiger partial charge in [-0.3, -0.25) is 0 Å². The number of hydrogen-bond acceptors (Lipinski definition) is 4. The Morgan fingerprint density at radius 1 is 1.14 bits per heavy atom. The largest absolute Gasteiger partial charge is 0.493 e. The summed E-state index contributed by atoms with van der Waals surface area (Å²) in [7, 11) is 1.62. The van der Waals surface area contributed by atoms with Crippen LogP contribution in [0.3, 0.4) is 0 Å². The van der Waals surface area contributed by atoms with Crippen molar-refractivity contribution in [3.05, 3.63) is 71.0 Å². The highest BCUT2D eigenvalue weighted by atomic mass is 19.1. The lowest BCUT2D eigenvalue weighted by molar-refractivity contribution is 0.329. The van der Waals surface area contributed by atoms with Crippen LogP contribution < -0.4 is 20.1 Å². The first-order valence-corrected chi connectivity index (χ1v) is 7.10. The third kappa shape index (κ3) is 1.97. The van der Waals surface area contributed by atoms with Gasteiger partial charge in [-0.1, -0.05) is 30.3 Å². The molecule has 0 bridgehead atoms. The van der Waals surface area contributed by atoms with E-state index in [9.17, 15) is 4.39 Å². The summed E-state index contributed by atoms with van der Waals surface area (Å²) in [4.78, 5) is 0. The molecule has 1 atom stereocenters. The molecular formula is C17H15FN2O2. The fraction of sp³-hybridized carbons (Fsp3) is 0.176. The quantitative estimate of drug-likeness (QED) is 0.894. The molecule has 22 heavy (non-hydrogen) atoms. The van der Waals surface area contributed by atoms with Crippen LogP contribution in [-0.4, -0.2) is 7.11 Å². The summed E-state index contributed by atoms with van der Waals surface area (Å²) in [5, 5.41) is 6.48. The summed E-state index contributed by atoms with van der Waals surface area (Å²) in [6.45, 7) is 0. The third-order valence-corrected chi connectivity index (χ3v) is 3.94. The van der Waals surface area contributed by atoms with Gasteiger partial charge in [0, 0.05) is 17.5 Å². The SMILES string of the molecule is COc1cccc2c1OC1=C(C2)NC(c2ccccc2F)N1. The molecule has 5 heteroatoms. The zero-order valence-electron chi connectivity index (χ0n) is 12.0. The van der Waals surface area contributed by atoms with Gasteiger partial charge in [-0.2, -0.15) is 0 Å². The minimum atomic E-state index is -0.327. The summed E-state index contributed by atoms with van der Waals surface area (Å²) < 4.78 is 25.2. The van der Waals surface area contributed by atoms with Crippen molar-refractivity contribution < 1.29 is 13.9 Å². The molecule has 2 aromatic carbocycles. The van der Waals surface area contributed by atoms with Crippen molar-refractivity contribution in [2.24, 2.45) is 0 Å². The van der Waals surface area contributed by atoms with Crippen LogP contribution in [0.5, 0.6) is 11.5 Å². The minimum Gasteiger partial charge on any atom is -0.493 e. The molecule has 0 aromatic heterocycles. The maximum absolute atomic E-state index is 13.9. The van der Waals surface area contributed by atoms with Crippen molar-refractivity contribution in [1.29, 1.82) is 0 Å². The highest BCUT2D eigenvalue weighted by Crippen LogP contribution is 2.39.